The lowest BCUT2D eigenvalue weighted by Gasteiger charge is -2.19. The molecular formula is C16H21F3N2O2. The summed E-state index contributed by atoms with van der Waals surface area (Å²) in [5, 5.41) is 11.6. The van der Waals surface area contributed by atoms with Gasteiger partial charge in [-0.1, -0.05) is 6.07 Å². The molecule has 23 heavy (non-hydrogen) atoms. The highest BCUT2D eigenvalue weighted by atomic mass is 19.2. The number of rotatable bonds is 6. The Hall–Kier alpha value is -1.76. The topological polar surface area (TPSA) is 52.6 Å². The molecule has 1 saturated heterocycles. The standard InChI is InChI=1S/C16H21F3N2O2/c17-13-5-4-12(9-14(13)18)3-1-2-7-20-15(23)21-8-6-16(19,10-21)11-22/h4-5,9,22H,1-3,6-8,10-11H2,(H,20,23)/t16-/m0/s1. The van der Waals surface area contributed by atoms with E-state index in [2.05, 4.69) is 5.32 Å². The third-order valence-corrected chi connectivity index (χ3v) is 4.03. The lowest BCUT2D eigenvalue weighted by atomic mass is 10.1. The highest BCUT2D eigenvalue weighted by molar-refractivity contribution is 5.74. The molecule has 0 aromatic heterocycles. The second-order valence-electron chi connectivity index (χ2n) is 5.92. The van der Waals surface area contributed by atoms with Crippen molar-refractivity contribution in [2.24, 2.45) is 0 Å². The number of unbranched alkanes of at least 4 members (excludes halogenated alkanes) is 1. The van der Waals surface area contributed by atoms with E-state index in [-0.39, 0.29) is 25.5 Å². The normalized spacial score (nSPS) is 20.8. The Labute approximate surface area is 133 Å². The number of alkyl halides is 1. The summed E-state index contributed by atoms with van der Waals surface area (Å²) in [6.45, 7) is 0.0460. The van der Waals surface area contributed by atoms with Crippen LogP contribution in [0.25, 0.3) is 0 Å². The number of carbonyl (C=O) groups is 1. The molecule has 1 aliphatic rings. The number of halogens is 3. The summed E-state index contributed by atoms with van der Waals surface area (Å²) in [5.41, 5.74) is -0.982. The van der Waals surface area contributed by atoms with Crippen molar-refractivity contribution < 1.29 is 23.1 Å². The summed E-state index contributed by atoms with van der Waals surface area (Å²) < 4.78 is 39.6. The summed E-state index contributed by atoms with van der Waals surface area (Å²) in [4.78, 5) is 13.2. The van der Waals surface area contributed by atoms with Crippen LogP contribution in [0.3, 0.4) is 0 Å². The summed E-state index contributed by atoms with van der Waals surface area (Å²) in [6.07, 6.45) is 2.14. The Morgan fingerprint density at radius 3 is 2.74 bits per heavy atom. The number of aliphatic hydroxyl groups is 1. The van der Waals surface area contributed by atoms with Gasteiger partial charge in [-0.3, -0.25) is 0 Å². The van der Waals surface area contributed by atoms with Gasteiger partial charge in [-0.15, -0.1) is 0 Å². The number of likely N-dealkylation sites (tertiary alicyclic amines) is 1. The minimum absolute atomic E-state index is 0.0931. The minimum atomic E-state index is -1.69. The number of carbonyl (C=O) groups excluding carboxylic acids is 1. The predicted octanol–water partition coefficient (Wildman–Crippen LogP) is 2.40. The van der Waals surface area contributed by atoms with Crippen molar-refractivity contribution >= 4 is 6.03 Å². The smallest absolute Gasteiger partial charge is 0.317 e. The number of urea groups is 1. The lowest BCUT2D eigenvalue weighted by Crippen LogP contribution is -2.41. The van der Waals surface area contributed by atoms with Crippen LogP contribution in [0.15, 0.2) is 18.2 Å². The molecule has 1 fully saturated rings. The molecule has 1 heterocycles. The van der Waals surface area contributed by atoms with Gasteiger partial charge in [0.15, 0.2) is 17.3 Å². The molecule has 4 nitrogen and oxygen atoms in total. The molecule has 0 aliphatic carbocycles. The van der Waals surface area contributed by atoms with E-state index in [4.69, 9.17) is 5.11 Å². The first-order valence-corrected chi connectivity index (χ1v) is 7.70. The largest absolute Gasteiger partial charge is 0.393 e. The van der Waals surface area contributed by atoms with Gasteiger partial charge in [0, 0.05) is 19.5 Å². The first-order valence-electron chi connectivity index (χ1n) is 7.70. The molecule has 2 N–H and O–H groups in total. The number of nitrogens with one attached hydrogen (secondary N) is 1. The van der Waals surface area contributed by atoms with Crippen LogP contribution in [0.1, 0.15) is 24.8 Å². The van der Waals surface area contributed by atoms with Crippen LogP contribution < -0.4 is 5.32 Å². The fourth-order valence-electron chi connectivity index (χ4n) is 2.59. The fourth-order valence-corrected chi connectivity index (χ4v) is 2.59. The SMILES string of the molecule is O=C(NCCCCc1ccc(F)c(F)c1)N1CC[C@@](F)(CO)C1. The van der Waals surface area contributed by atoms with E-state index in [0.717, 1.165) is 12.5 Å². The zero-order valence-corrected chi connectivity index (χ0v) is 12.8. The number of nitrogens with zero attached hydrogens (tertiary/aromatic N) is 1. The molecule has 0 saturated carbocycles. The first-order chi connectivity index (χ1) is 10.9. The molecule has 1 aromatic carbocycles. The van der Waals surface area contributed by atoms with Gasteiger partial charge in [-0.2, -0.15) is 0 Å². The lowest BCUT2D eigenvalue weighted by molar-refractivity contribution is 0.0806. The minimum Gasteiger partial charge on any atom is -0.393 e. The van der Waals surface area contributed by atoms with Crippen LogP contribution in [0, 0.1) is 11.6 Å². The molecular weight excluding hydrogens is 309 g/mol. The fraction of sp³-hybridized carbons (Fsp3) is 0.562. The van der Waals surface area contributed by atoms with E-state index in [9.17, 15) is 18.0 Å². The van der Waals surface area contributed by atoms with Crippen LogP contribution in [-0.4, -0.2) is 47.9 Å². The van der Waals surface area contributed by atoms with Gasteiger partial charge >= 0.3 is 6.03 Å². The van der Waals surface area contributed by atoms with Gasteiger partial charge in [0.2, 0.25) is 0 Å². The van der Waals surface area contributed by atoms with Gasteiger partial charge in [-0.05, 0) is 37.0 Å². The molecule has 1 aromatic rings. The average Bonchev–Trinajstić information content (AvgIpc) is 2.93. The van der Waals surface area contributed by atoms with Crippen molar-refractivity contribution in [2.45, 2.75) is 31.4 Å². The van der Waals surface area contributed by atoms with Crippen molar-refractivity contribution in [3.63, 3.8) is 0 Å². The van der Waals surface area contributed by atoms with Gasteiger partial charge in [-0.25, -0.2) is 18.0 Å². The zero-order valence-electron chi connectivity index (χ0n) is 12.8. The maximum Gasteiger partial charge on any atom is 0.317 e. The van der Waals surface area contributed by atoms with Crippen LogP contribution in [0.5, 0.6) is 0 Å². The molecule has 0 spiro atoms. The average molecular weight is 330 g/mol. The molecule has 2 amide bonds. The third kappa shape index (κ3) is 4.86. The van der Waals surface area contributed by atoms with Crippen molar-refractivity contribution in [1.29, 1.82) is 0 Å². The number of hydrogen-bond donors (Lipinski definition) is 2. The molecule has 128 valence electrons. The highest BCUT2D eigenvalue weighted by Crippen LogP contribution is 2.24. The van der Waals surface area contributed by atoms with E-state index < -0.39 is 23.9 Å². The van der Waals surface area contributed by atoms with Gasteiger partial charge in [0.1, 0.15) is 0 Å². The Morgan fingerprint density at radius 1 is 1.30 bits per heavy atom. The van der Waals surface area contributed by atoms with E-state index in [1.807, 2.05) is 0 Å². The van der Waals surface area contributed by atoms with Crippen LogP contribution in [0.2, 0.25) is 0 Å². The summed E-state index contributed by atoms with van der Waals surface area (Å²) in [6, 6.07) is 3.47. The first kappa shape index (κ1) is 17.6. The van der Waals surface area contributed by atoms with E-state index in [1.165, 1.54) is 17.0 Å². The Balaban J connectivity index is 1.64. The number of aliphatic hydroxyl groups excluding tert-OH is 1. The predicted molar refractivity (Wildman–Crippen MR) is 79.8 cm³/mol. The second kappa shape index (κ2) is 7.68. The Bertz CT molecular complexity index is 556. The third-order valence-electron chi connectivity index (χ3n) is 4.03. The molecule has 0 bridgehead atoms. The van der Waals surface area contributed by atoms with Crippen LogP contribution in [0.4, 0.5) is 18.0 Å². The number of hydrogen-bond acceptors (Lipinski definition) is 2. The van der Waals surface area contributed by atoms with E-state index >= 15 is 0 Å². The Kier molecular flexibility index (Phi) is 5.87. The van der Waals surface area contributed by atoms with Crippen molar-refractivity contribution in [3.8, 4) is 0 Å². The Morgan fingerprint density at radius 2 is 2.09 bits per heavy atom. The van der Waals surface area contributed by atoms with Crippen LogP contribution >= 0.6 is 0 Å². The number of aryl methyl sites for hydroxylation is 1. The van der Waals surface area contributed by atoms with Crippen molar-refractivity contribution in [2.75, 3.05) is 26.2 Å². The molecule has 2 rings (SSSR count). The summed E-state index contributed by atoms with van der Waals surface area (Å²) >= 11 is 0. The van der Waals surface area contributed by atoms with Crippen LogP contribution in [-0.2, 0) is 6.42 Å². The molecule has 1 atom stereocenters. The second-order valence-corrected chi connectivity index (χ2v) is 5.92. The quantitative estimate of drug-likeness (QED) is 0.787. The van der Waals surface area contributed by atoms with E-state index in [0.29, 0.717) is 24.9 Å². The summed E-state index contributed by atoms with van der Waals surface area (Å²) in [7, 11) is 0. The van der Waals surface area contributed by atoms with Gasteiger partial charge in [0.05, 0.1) is 13.2 Å². The molecule has 0 unspecified atom stereocenters. The molecule has 0 radical (unpaired) electrons. The molecule has 7 heteroatoms. The van der Waals surface area contributed by atoms with Crippen molar-refractivity contribution in [1.82, 2.24) is 10.2 Å². The zero-order chi connectivity index (χ0) is 16.9. The maximum absolute atomic E-state index is 13.8. The monoisotopic (exact) mass is 330 g/mol. The van der Waals surface area contributed by atoms with E-state index in [1.54, 1.807) is 0 Å². The highest BCUT2D eigenvalue weighted by Gasteiger charge is 2.39. The molecule has 1 aliphatic heterocycles. The number of amides is 2. The van der Waals surface area contributed by atoms with Crippen molar-refractivity contribution in [3.05, 3.63) is 35.4 Å². The number of benzene rings is 1. The van der Waals surface area contributed by atoms with Gasteiger partial charge < -0.3 is 15.3 Å². The maximum atomic E-state index is 13.8. The van der Waals surface area contributed by atoms with Gasteiger partial charge in [0.25, 0.3) is 0 Å². The summed E-state index contributed by atoms with van der Waals surface area (Å²) in [5.74, 6) is -1.72.